The Morgan fingerprint density at radius 3 is 2.81 bits per heavy atom. The molecule has 0 aliphatic carbocycles. The van der Waals surface area contributed by atoms with Crippen molar-refractivity contribution in [3.05, 3.63) is 23.3 Å². The minimum Gasteiger partial charge on any atom is -0.368 e. The summed E-state index contributed by atoms with van der Waals surface area (Å²) < 4.78 is 5.60. The van der Waals surface area contributed by atoms with E-state index in [1.165, 1.54) is 0 Å². The average Bonchev–Trinajstić information content (AvgIpc) is 2.89. The third-order valence-electron chi connectivity index (χ3n) is 4.09. The predicted octanol–water partition coefficient (Wildman–Crippen LogP) is 2.19. The summed E-state index contributed by atoms with van der Waals surface area (Å²) in [6.07, 6.45) is 4.58. The van der Waals surface area contributed by atoms with Crippen LogP contribution in [0.25, 0.3) is 0 Å². The molecule has 1 aromatic heterocycles. The topological polar surface area (TPSA) is 55.3 Å². The lowest BCUT2D eigenvalue weighted by Crippen LogP contribution is -2.39. The van der Waals surface area contributed by atoms with Crippen LogP contribution in [0.3, 0.4) is 0 Å². The number of nitrogens with zero attached hydrogens (tertiary/aromatic N) is 3. The van der Waals surface area contributed by atoms with Gasteiger partial charge < -0.3 is 9.64 Å². The van der Waals surface area contributed by atoms with Crippen molar-refractivity contribution in [2.45, 2.75) is 64.6 Å². The van der Waals surface area contributed by atoms with Crippen molar-refractivity contribution in [3.8, 4) is 0 Å². The van der Waals surface area contributed by atoms with Gasteiger partial charge in [-0.15, -0.1) is 0 Å². The second-order valence-electron chi connectivity index (χ2n) is 6.97. The highest BCUT2D eigenvalue weighted by molar-refractivity contribution is 5.81. The van der Waals surface area contributed by atoms with E-state index < -0.39 is 0 Å². The summed E-state index contributed by atoms with van der Waals surface area (Å²) in [4.78, 5) is 23.5. The van der Waals surface area contributed by atoms with Crippen LogP contribution in [0.15, 0.2) is 6.20 Å². The number of carbonyl (C=O) groups is 1. The summed E-state index contributed by atoms with van der Waals surface area (Å²) in [5, 5.41) is 0. The van der Waals surface area contributed by atoms with Gasteiger partial charge in [0, 0.05) is 30.3 Å². The lowest BCUT2D eigenvalue weighted by atomic mass is 9.95. The van der Waals surface area contributed by atoms with Crippen LogP contribution in [-0.2, 0) is 28.0 Å². The number of aromatic nitrogens is 2. The van der Waals surface area contributed by atoms with Crippen LogP contribution in [0.1, 0.15) is 57.1 Å². The predicted molar refractivity (Wildman–Crippen MR) is 78.6 cm³/mol. The molecule has 5 heteroatoms. The molecule has 1 fully saturated rings. The maximum Gasteiger partial charge on any atom is 0.252 e. The molecular weight excluding hydrogens is 266 g/mol. The van der Waals surface area contributed by atoms with Crippen LogP contribution in [0.5, 0.6) is 0 Å². The minimum absolute atomic E-state index is 0.0705. The van der Waals surface area contributed by atoms with Gasteiger partial charge in [0.25, 0.3) is 5.91 Å². The maximum absolute atomic E-state index is 12.5. The molecular formula is C16H23N3O2. The molecule has 0 N–H and O–H groups in total. The van der Waals surface area contributed by atoms with E-state index in [-0.39, 0.29) is 17.4 Å². The Balaban J connectivity index is 1.73. The molecule has 114 valence electrons. The van der Waals surface area contributed by atoms with Crippen molar-refractivity contribution in [1.82, 2.24) is 14.9 Å². The van der Waals surface area contributed by atoms with Crippen LogP contribution < -0.4 is 0 Å². The number of hydrogen-bond acceptors (Lipinski definition) is 4. The Bertz CT molecular complexity index is 545. The summed E-state index contributed by atoms with van der Waals surface area (Å²) in [6.45, 7) is 8.19. The van der Waals surface area contributed by atoms with Crippen molar-refractivity contribution in [2.75, 3.05) is 6.61 Å². The van der Waals surface area contributed by atoms with E-state index >= 15 is 0 Å². The van der Waals surface area contributed by atoms with Gasteiger partial charge in [0.1, 0.15) is 11.9 Å². The molecule has 3 heterocycles. The molecule has 0 bridgehead atoms. The van der Waals surface area contributed by atoms with Crippen LogP contribution >= 0.6 is 0 Å². The van der Waals surface area contributed by atoms with E-state index in [4.69, 9.17) is 4.74 Å². The second kappa shape index (κ2) is 5.37. The summed E-state index contributed by atoms with van der Waals surface area (Å²) >= 11 is 0. The highest BCUT2D eigenvalue weighted by Crippen LogP contribution is 2.26. The van der Waals surface area contributed by atoms with Crippen molar-refractivity contribution in [3.63, 3.8) is 0 Å². The first-order valence-electron chi connectivity index (χ1n) is 7.71. The maximum atomic E-state index is 12.5. The Hall–Kier alpha value is -1.49. The quantitative estimate of drug-likeness (QED) is 0.795. The molecule has 5 nitrogen and oxygen atoms in total. The lowest BCUT2D eigenvalue weighted by molar-refractivity contribution is -0.147. The van der Waals surface area contributed by atoms with Gasteiger partial charge in [-0.25, -0.2) is 9.97 Å². The molecule has 0 saturated carbocycles. The zero-order chi connectivity index (χ0) is 15.0. The van der Waals surface area contributed by atoms with Crippen molar-refractivity contribution in [1.29, 1.82) is 0 Å². The third kappa shape index (κ3) is 2.93. The van der Waals surface area contributed by atoms with Gasteiger partial charge >= 0.3 is 0 Å². The van der Waals surface area contributed by atoms with Crippen LogP contribution in [0.2, 0.25) is 0 Å². The zero-order valence-corrected chi connectivity index (χ0v) is 13.1. The zero-order valence-electron chi connectivity index (χ0n) is 13.1. The van der Waals surface area contributed by atoms with E-state index in [1.807, 2.05) is 11.1 Å². The van der Waals surface area contributed by atoms with Gasteiger partial charge in [0.2, 0.25) is 0 Å². The van der Waals surface area contributed by atoms with E-state index in [0.29, 0.717) is 19.7 Å². The molecule has 2 aliphatic heterocycles. The van der Waals surface area contributed by atoms with E-state index in [9.17, 15) is 4.79 Å². The van der Waals surface area contributed by atoms with Crippen molar-refractivity contribution >= 4 is 5.91 Å². The molecule has 0 aromatic carbocycles. The fourth-order valence-corrected chi connectivity index (χ4v) is 2.81. The highest BCUT2D eigenvalue weighted by atomic mass is 16.5. The van der Waals surface area contributed by atoms with E-state index in [1.54, 1.807) is 0 Å². The van der Waals surface area contributed by atoms with Crippen molar-refractivity contribution in [2.24, 2.45) is 0 Å². The van der Waals surface area contributed by atoms with Gasteiger partial charge in [-0.2, -0.15) is 0 Å². The number of amides is 1. The summed E-state index contributed by atoms with van der Waals surface area (Å²) in [5.74, 6) is 0.939. The van der Waals surface area contributed by atoms with E-state index in [2.05, 4.69) is 30.7 Å². The first kappa shape index (κ1) is 14.4. The van der Waals surface area contributed by atoms with Crippen LogP contribution in [-0.4, -0.2) is 33.5 Å². The minimum atomic E-state index is -0.261. The molecule has 2 aliphatic rings. The van der Waals surface area contributed by atoms with Gasteiger partial charge in [0.15, 0.2) is 0 Å². The summed E-state index contributed by atoms with van der Waals surface area (Å²) in [6, 6.07) is 0. The van der Waals surface area contributed by atoms with Gasteiger partial charge in [-0.05, 0) is 19.3 Å². The molecule has 1 aromatic rings. The Labute approximate surface area is 125 Å². The Kier molecular flexibility index (Phi) is 3.69. The largest absolute Gasteiger partial charge is 0.368 e. The summed E-state index contributed by atoms with van der Waals surface area (Å²) in [5.41, 5.74) is 1.98. The average molecular weight is 289 g/mol. The Morgan fingerprint density at radius 2 is 2.14 bits per heavy atom. The number of rotatable bonds is 1. The molecule has 1 saturated heterocycles. The standard InChI is InChI=1S/C16H23N3O2/c1-16(2,3)15-17-8-11-9-19(10-12(11)18-15)14(20)13-6-4-5-7-21-13/h8,13H,4-7,9-10H2,1-3H3. The normalized spacial score (nSPS) is 22.2. The molecule has 0 radical (unpaired) electrons. The van der Waals surface area contributed by atoms with E-state index in [0.717, 1.165) is 36.3 Å². The number of carbonyl (C=O) groups excluding carboxylic acids is 1. The molecule has 1 atom stereocenters. The van der Waals surface area contributed by atoms with Gasteiger partial charge in [0.05, 0.1) is 12.2 Å². The second-order valence-corrected chi connectivity index (χ2v) is 6.97. The lowest BCUT2D eigenvalue weighted by Gasteiger charge is -2.26. The molecule has 3 rings (SSSR count). The third-order valence-corrected chi connectivity index (χ3v) is 4.09. The first-order chi connectivity index (χ1) is 9.95. The van der Waals surface area contributed by atoms with Crippen LogP contribution in [0.4, 0.5) is 0 Å². The Morgan fingerprint density at radius 1 is 1.33 bits per heavy atom. The number of ether oxygens (including phenoxy) is 1. The first-order valence-corrected chi connectivity index (χ1v) is 7.71. The fourth-order valence-electron chi connectivity index (χ4n) is 2.81. The summed E-state index contributed by atoms with van der Waals surface area (Å²) in [7, 11) is 0. The molecule has 0 spiro atoms. The van der Waals surface area contributed by atoms with Gasteiger partial charge in [-0.1, -0.05) is 20.8 Å². The monoisotopic (exact) mass is 289 g/mol. The molecule has 1 amide bonds. The molecule has 21 heavy (non-hydrogen) atoms. The molecule has 1 unspecified atom stereocenters. The smallest absolute Gasteiger partial charge is 0.252 e. The SMILES string of the molecule is CC(C)(C)c1ncc2c(n1)CN(C(=O)C1CCCCO1)C2. The van der Waals surface area contributed by atoms with Gasteiger partial charge in [-0.3, -0.25) is 4.79 Å². The number of hydrogen-bond donors (Lipinski definition) is 0. The number of fused-ring (bicyclic) bond motifs is 1. The fraction of sp³-hybridized carbons (Fsp3) is 0.688. The highest BCUT2D eigenvalue weighted by Gasteiger charge is 2.32. The van der Waals surface area contributed by atoms with Crippen LogP contribution in [0, 0.1) is 0 Å². The van der Waals surface area contributed by atoms with Crippen molar-refractivity contribution < 1.29 is 9.53 Å².